The molecule has 0 radical (unpaired) electrons. The van der Waals surface area contributed by atoms with Crippen LogP contribution in [0.25, 0.3) is 0 Å². The van der Waals surface area contributed by atoms with Crippen LogP contribution in [0.3, 0.4) is 0 Å². The molecule has 9 heteroatoms. The van der Waals surface area contributed by atoms with Crippen molar-refractivity contribution in [3.05, 3.63) is 30.1 Å². The minimum Gasteiger partial charge on any atom is -0.378 e. The van der Waals surface area contributed by atoms with Crippen molar-refractivity contribution in [1.82, 2.24) is 20.1 Å². The Morgan fingerprint density at radius 3 is 2.60 bits per heavy atom. The first kappa shape index (κ1) is 24.9. The van der Waals surface area contributed by atoms with Crippen LogP contribution in [0, 0.1) is 5.41 Å². The zero-order valence-corrected chi connectivity index (χ0v) is 18.9. The van der Waals surface area contributed by atoms with Crippen LogP contribution in [0.4, 0.5) is 0 Å². The molecule has 1 aromatic heterocycles. The minimum absolute atomic E-state index is 0. The van der Waals surface area contributed by atoms with Crippen molar-refractivity contribution in [1.29, 1.82) is 0 Å². The molecule has 168 valence electrons. The van der Waals surface area contributed by atoms with Crippen molar-refractivity contribution in [3.8, 4) is 0 Å². The molecule has 1 unspecified atom stereocenters. The maximum absolute atomic E-state index is 12.7. The fourth-order valence-electron chi connectivity index (χ4n) is 4.68. The van der Waals surface area contributed by atoms with E-state index in [0.717, 1.165) is 57.6 Å². The summed E-state index contributed by atoms with van der Waals surface area (Å²) < 4.78 is 5.46. The first-order valence-corrected chi connectivity index (χ1v) is 10.4. The lowest BCUT2D eigenvalue weighted by Gasteiger charge is -2.47. The molecule has 30 heavy (non-hydrogen) atoms. The largest absolute Gasteiger partial charge is 0.378 e. The fraction of sp³-hybridized carbons (Fsp3) is 0.667. The van der Waals surface area contributed by atoms with Crippen molar-refractivity contribution >= 4 is 36.6 Å². The summed E-state index contributed by atoms with van der Waals surface area (Å²) in [5.74, 6) is 0.461. The van der Waals surface area contributed by atoms with Gasteiger partial charge in [-0.2, -0.15) is 0 Å². The lowest BCUT2D eigenvalue weighted by Crippen LogP contribution is -2.53. The second kappa shape index (κ2) is 11.3. The normalized spacial score (nSPS) is 23.5. The molecule has 3 fully saturated rings. The SMILES string of the molecule is Cl.Cl.O=C(CC1COCCN1)N1CCC2(CCC(=O)N(Cc3ccncc3)C2)CC1. The van der Waals surface area contributed by atoms with E-state index in [1.807, 2.05) is 21.9 Å². The number of ether oxygens (including phenoxy) is 1. The van der Waals surface area contributed by atoms with Gasteiger partial charge in [-0.05, 0) is 42.4 Å². The number of likely N-dealkylation sites (tertiary alicyclic amines) is 2. The smallest absolute Gasteiger partial charge is 0.224 e. The number of aromatic nitrogens is 1. The zero-order chi connectivity index (χ0) is 19.4. The number of halogens is 2. The highest BCUT2D eigenvalue weighted by Gasteiger charge is 2.41. The molecular weight excluding hydrogens is 427 g/mol. The highest BCUT2D eigenvalue weighted by atomic mass is 35.5. The van der Waals surface area contributed by atoms with Crippen LogP contribution in [0.15, 0.2) is 24.5 Å². The van der Waals surface area contributed by atoms with E-state index in [9.17, 15) is 9.59 Å². The standard InChI is InChI=1S/C21H30N4O3.2ClH/c26-19-1-4-21(16-25(19)14-17-2-7-22-8-3-17)5-10-24(11-6-21)20(27)13-18-15-28-12-9-23-18;;/h2-3,7-8,18,23H,1,4-6,9-16H2;2*1H. The van der Waals surface area contributed by atoms with Gasteiger partial charge >= 0.3 is 0 Å². The maximum atomic E-state index is 12.7. The number of carbonyl (C=O) groups is 2. The molecule has 4 rings (SSSR count). The molecule has 1 aromatic rings. The third kappa shape index (κ3) is 6.06. The topological polar surface area (TPSA) is 74.8 Å². The van der Waals surface area contributed by atoms with Gasteiger partial charge in [-0.15, -0.1) is 24.8 Å². The summed E-state index contributed by atoms with van der Waals surface area (Å²) in [7, 11) is 0. The second-order valence-electron chi connectivity index (χ2n) is 8.42. The predicted octanol–water partition coefficient (Wildman–Crippen LogP) is 2.03. The van der Waals surface area contributed by atoms with E-state index in [1.54, 1.807) is 12.4 Å². The number of nitrogens with zero attached hydrogens (tertiary/aromatic N) is 3. The van der Waals surface area contributed by atoms with Crippen LogP contribution < -0.4 is 5.32 Å². The highest BCUT2D eigenvalue weighted by Crippen LogP contribution is 2.40. The number of carbonyl (C=O) groups excluding carboxylic acids is 2. The number of morpholine rings is 1. The van der Waals surface area contributed by atoms with E-state index in [0.29, 0.717) is 26.0 Å². The van der Waals surface area contributed by atoms with Gasteiger partial charge in [0.15, 0.2) is 0 Å². The summed E-state index contributed by atoms with van der Waals surface area (Å²) >= 11 is 0. The zero-order valence-electron chi connectivity index (χ0n) is 17.3. The Bertz CT molecular complexity index is 693. The molecular formula is C21H32Cl2N4O3. The van der Waals surface area contributed by atoms with Gasteiger partial charge in [0.25, 0.3) is 0 Å². The van der Waals surface area contributed by atoms with E-state index in [2.05, 4.69) is 10.3 Å². The Morgan fingerprint density at radius 2 is 1.93 bits per heavy atom. The molecule has 3 aliphatic rings. The average molecular weight is 459 g/mol. The number of nitrogens with one attached hydrogen (secondary N) is 1. The summed E-state index contributed by atoms with van der Waals surface area (Å²) in [6.07, 6.45) is 7.58. The Labute approximate surface area is 190 Å². The van der Waals surface area contributed by atoms with Crippen LogP contribution in [0.1, 0.15) is 37.7 Å². The second-order valence-corrected chi connectivity index (χ2v) is 8.42. The Hall–Kier alpha value is -1.41. The lowest BCUT2D eigenvalue weighted by molar-refractivity contribution is -0.143. The van der Waals surface area contributed by atoms with E-state index in [-0.39, 0.29) is 48.1 Å². The minimum atomic E-state index is 0. The van der Waals surface area contributed by atoms with Gasteiger partial charge in [0.2, 0.25) is 11.8 Å². The molecule has 1 atom stereocenters. The van der Waals surface area contributed by atoms with Gasteiger partial charge in [-0.1, -0.05) is 0 Å². The highest BCUT2D eigenvalue weighted by molar-refractivity contribution is 5.85. The summed E-state index contributed by atoms with van der Waals surface area (Å²) in [5.41, 5.74) is 1.28. The fourth-order valence-corrected chi connectivity index (χ4v) is 4.68. The number of amides is 2. The Kier molecular flexibility index (Phi) is 9.34. The van der Waals surface area contributed by atoms with Gasteiger partial charge in [-0.25, -0.2) is 0 Å². The monoisotopic (exact) mass is 458 g/mol. The van der Waals surface area contributed by atoms with Crippen molar-refractivity contribution in [2.24, 2.45) is 5.41 Å². The van der Waals surface area contributed by atoms with E-state index in [1.165, 1.54) is 0 Å². The Morgan fingerprint density at radius 1 is 1.20 bits per heavy atom. The number of hydrogen-bond acceptors (Lipinski definition) is 5. The van der Waals surface area contributed by atoms with Crippen LogP contribution in [0.5, 0.6) is 0 Å². The summed E-state index contributed by atoms with van der Waals surface area (Å²) in [6.45, 7) is 5.21. The third-order valence-corrected chi connectivity index (χ3v) is 6.47. The molecule has 3 saturated heterocycles. The molecule has 0 bridgehead atoms. The van der Waals surface area contributed by atoms with Crippen molar-refractivity contribution < 1.29 is 14.3 Å². The van der Waals surface area contributed by atoms with Gasteiger partial charge < -0.3 is 19.9 Å². The maximum Gasteiger partial charge on any atom is 0.224 e. The quantitative estimate of drug-likeness (QED) is 0.746. The van der Waals surface area contributed by atoms with E-state index in [4.69, 9.17) is 4.74 Å². The van der Waals surface area contributed by atoms with Crippen molar-refractivity contribution in [2.45, 2.75) is 44.7 Å². The summed E-state index contributed by atoms with van der Waals surface area (Å²) in [5, 5.41) is 3.36. The van der Waals surface area contributed by atoms with Crippen LogP contribution in [-0.2, 0) is 20.9 Å². The molecule has 7 nitrogen and oxygen atoms in total. The molecule has 0 aromatic carbocycles. The van der Waals surface area contributed by atoms with Gasteiger partial charge in [0.05, 0.1) is 13.2 Å². The summed E-state index contributed by atoms with van der Waals surface area (Å²) in [6, 6.07) is 4.08. The number of rotatable bonds is 4. The van der Waals surface area contributed by atoms with Gasteiger partial charge in [-0.3, -0.25) is 14.6 Å². The Balaban J connectivity index is 0.00000160. The van der Waals surface area contributed by atoms with Crippen LogP contribution >= 0.6 is 24.8 Å². The van der Waals surface area contributed by atoms with Crippen LogP contribution in [-0.4, -0.2) is 72.0 Å². The first-order valence-electron chi connectivity index (χ1n) is 10.4. The number of piperidine rings is 2. The van der Waals surface area contributed by atoms with Gasteiger partial charge in [0, 0.05) is 64.0 Å². The third-order valence-electron chi connectivity index (χ3n) is 6.47. The van der Waals surface area contributed by atoms with Crippen molar-refractivity contribution in [3.63, 3.8) is 0 Å². The van der Waals surface area contributed by atoms with E-state index < -0.39 is 0 Å². The van der Waals surface area contributed by atoms with Gasteiger partial charge in [0.1, 0.15) is 0 Å². The van der Waals surface area contributed by atoms with Crippen molar-refractivity contribution in [2.75, 3.05) is 39.4 Å². The summed E-state index contributed by atoms with van der Waals surface area (Å²) in [4.78, 5) is 33.2. The molecule has 1 N–H and O–H groups in total. The number of hydrogen-bond donors (Lipinski definition) is 1. The van der Waals surface area contributed by atoms with Crippen LogP contribution in [0.2, 0.25) is 0 Å². The lowest BCUT2D eigenvalue weighted by atomic mass is 9.72. The molecule has 0 aliphatic carbocycles. The molecule has 3 aliphatic heterocycles. The number of pyridine rings is 1. The first-order chi connectivity index (χ1) is 13.6. The average Bonchev–Trinajstić information content (AvgIpc) is 2.73. The predicted molar refractivity (Wildman–Crippen MR) is 119 cm³/mol. The molecule has 0 saturated carbocycles. The van der Waals surface area contributed by atoms with E-state index >= 15 is 0 Å². The molecule has 2 amide bonds. The molecule has 1 spiro atoms. The molecule has 4 heterocycles.